The predicted molar refractivity (Wildman–Crippen MR) is 70.0 cm³/mol. The number of halogens is 1. The van der Waals surface area contributed by atoms with E-state index in [0.29, 0.717) is 6.04 Å². The van der Waals surface area contributed by atoms with Gasteiger partial charge in [-0.3, -0.25) is 0 Å². The number of hydrogen-bond donors (Lipinski definition) is 1. The molecule has 0 radical (unpaired) electrons. The molecule has 0 amide bonds. The van der Waals surface area contributed by atoms with Crippen LogP contribution in [0, 0.1) is 0 Å². The maximum atomic E-state index is 3.71. The third kappa shape index (κ3) is 4.63. The van der Waals surface area contributed by atoms with Crippen molar-refractivity contribution in [3.63, 3.8) is 0 Å². The van der Waals surface area contributed by atoms with E-state index in [1.165, 1.54) is 5.56 Å². The maximum absolute atomic E-state index is 3.71. The lowest BCUT2D eigenvalue weighted by Crippen LogP contribution is -2.19. The Labute approximate surface area is 101 Å². The zero-order chi connectivity index (χ0) is 11.1. The molecule has 82 valence electrons. The predicted octanol–water partition coefficient (Wildman–Crippen LogP) is 4.07. The summed E-state index contributed by atoms with van der Waals surface area (Å²) in [5, 5.41) is 3.49. The van der Waals surface area contributed by atoms with Crippen molar-refractivity contribution in [2.24, 2.45) is 0 Å². The Morgan fingerprint density at radius 2 is 2.33 bits per heavy atom. The van der Waals surface area contributed by atoms with Crippen LogP contribution in [0.1, 0.15) is 31.4 Å². The molecule has 0 aliphatic heterocycles. The van der Waals surface area contributed by atoms with E-state index in [-0.39, 0.29) is 0 Å². The number of benzene rings is 1. The smallest absolute Gasteiger partial charge is 0.0292 e. The fraction of sp³-hybridized carbons (Fsp3) is 0.385. The number of rotatable bonds is 6. The molecule has 0 bridgehead atoms. The van der Waals surface area contributed by atoms with E-state index in [2.05, 4.69) is 52.9 Å². The first kappa shape index (κ1) is 12.5. The minimum atomic E-state index is 0.410. The highest BCUT2D eigenvalue weighted by atomic mass is 79.9. The molecule has 1 unspecified atom stereocenters. The highest BCUT2D eigenvalue weighted by Crippen LogP contribution is 2.17. The third-order valence-electron chi connectivity index (χ3n) is 2.38. The molecule has 2 heteroatoms. The van der Waals surface area contributed by atoms with Crippen molar-refractivity contribution in [1.29, 1.82) is 0 Å². The summed E-state index contributed by atoms with van der Waals surface area (Å²) in [5.41, 5.74) is 1.32. The number of hydrogen-bond acceptors (Lipinski definition) is 1. The Hall–Kier alpha value is -0.600. The van der Waals surface area contributed by atoms with Gasteiger partial charge in [0, 0.05) is 10.5 Å². The number of allylic oxidation sites excluding steroid dienone is 1. The first-order valence-electron chi connectivity index (χ1n) is 5.34. The number of nitrogens with one attached hydrogen (secondary N) is 1. The van der Waals surface area contributed by atoms with Gasteiger partial charge in [0.15, 0.2) is 0 Å². The lowest BCUT2D eigenvalue weighted by atomic mass is 10.1. The van der Waals surface area contributed by atoms with Crippen LogP contribution in [0.4, 0.5) is 0 Å². The lowest BCUT2D eigenvalue weighted by molar-refractivity contribution is 0.561. The van der Waals surface area contributed by atoms with E-state index < -0.39 is 0 Å². The average Bonchev–Trinajstić information content (AvgIpc) is 2.24. The zero-order valence-corrected chi connectivity index (χ0v) is 10.8. The SMILES string of the molecule is C=CCCCNC(C)c1cccc(Br)c1. The summed E-state index contributed by atoms with van der Waals surface area (Å²) < 4.78 is 1.14. The zero-order valence-electron chi connectivity index (χ0n) is 9.17. The molecular formula is C13H18BrN. The second-order valence-corrected chi connectivity index (χ2v) is 4.58. The monoisotopic (exact) mass is 267 g/mol. The molecule has 1 aromatic rings. The van der Waals surface area contributed by atoms with E-state index in [1.807, 2.05) is 12.1 Å². The van der Waals surface area contributed by atoms with Gasteiger partial charge >= 0.3 is 0 Å². The summed E-state index contributed by atoms with van der Waals surface area (Å²) in [7, 11) is 0. The molecule has 0 spiro atoms. The minimum Gasteiger partial charge on any atom is -0.310 e. The van der Waals surface area contributed by atoms with Gasteiger partial charge in [0.25, 0.3) is 0 Å². The Morgan fingerprint density at radius 1 is 1.53 bits per heavy atom. The van der Waals surface area contributed by atoms with Gasteiger partial charge in [0.2, 0.25) is 0 Å². The van der Waals surface area contributed by atoms with Crippen LogP contribution in [0.5, 0.6) is 0 Å². The van der Waals surface area contributed by atoms with Crippen LogP contribution in [0.25, 0.3) is 0 Å². The Bertz CT molecular complexity index is 309. The average molecular weight is 268 g/mol. The lowest BCUT2D eigenvalue weighted by Gasteiger charge is -2.14. The maximum Gasteiger partial charge on any atom is 0.0292 e. The van der Waals surface area contributed by atoms with Gasteiger partial charge in [-0.1, -0.05) is 34.1 Å². The van der Waals surface area contributed by atoms with Crippen molar-refractivity contribution in [1.82, 2.24) is 5.32 Å². The van der Waals surface area contributed by atoms with E-state index in [1.54, 1.807) is 0 Å². The molecule has 0 saturated heterocycles. The molecular weight excluding hydrogens is 250 g/mol. The van der Waals surface area contributed by atoms with Crippen LogP contribution < -0.4 is 5.32 Å². The van der Waals surface area contributed by atoms with Crippen molar-refractivity contribution < 1.29 is 0 Å². The molecule has 1 N–H and O–H groups in total. The second-order valence-electron chi connectivity index (χ2n) is 3.66. The summed E-state index contributed by atoms with van der Waals surface area (Å²) in [4.78, 5) is 0. The standard InChI is InChI=1S/C13H18BrN/c1-3-4-5-9-15-11(2)12-7-6-8-13(14)10-12/h3,6-8,10-11,15H,1,4-5,9H2,2H3. The largest absolute Gasteiger partial charge is 0.310 e. The van der Waals surface area contributed by atoms with Gasteiger partial charge < -0.3 is 5.32 Å². The first-order valence-corrected chi connectivity index (χ1v) is 6.13. The fourth-order valence-electron chi connectivity index (χ4n) is 1.46. The van der Waals surface area contributed by atoms with Crippen molar-refractivity contribution in [3.8, 4) is 0 Å². The third-order valence-corrected chi connectivity index (χ3v) is 2.88. The summed E-state index contributed by atoms with van der Waals surface area (Å²) in [5.74, 6) is 0. The Kier molecular flexibility index (Phi) is 5.66. The molecule has 0 saturated carbocycles. The van der Waals surface area contributed by atoms with Gasteiger partial charge in [-0.2, -0.15) is 0 Å². The molecule has 1 nitrogen and oxygen atoms in total. The fourth-order valence-corrected chi connectivity index (χ4v) is 1.88. The summed E-state index contributed by atoms with van der Waals surface area (Å²) >= 11 is 3.48. The molecule has 1 atom stereocenters. The van der Waals surface area contributed by atoms with Gasteiger partial charge in [-0.05, 0) is 44.0 Å². The molecule has 0 aromatic heterocycles. The minimum absolute atomic E-state index is 0.410. The quantitative estimate of drug-likeness (QED) is 0.606. The van der Waals surface area contributed by atoms with Gasteiger partial charge in [0.1, 0.15) is 0 Å². The Morgan fingerprint density at radius 3 is 3.00 bits per heavy atom. The molecule has 1 aromatic carbocycles. The van der Waals surface area contributed by atoms with Crippen LogP contribution in [0.2, 0.25) is 0 Å². The molecule has 0 aliphatic carbocycles. The summed E-state index contributed by atoms with van der Waals surface area (Å²) in [6.45, 7) is 6.94. The first-order chi connectivity index (χ1) is 7.24. The van der Waals surface area contributed by atoms with Crippen LogP contribution in [0.3, 0.4) is 0 Å². The van der Waals surface area contributed by atoms with Crippen molar-refractivity contribution in [2.45, 2.75) is 25.8 Å². The topological polar surface area (TPSA) is 12.0 Å². The Balaban J connectivity index is 2.39. The van der Waals surface area contributed by atoms with Crippen LogP contribution in [0.15, 0.2) is 41.4 Å². The normalized spacial score (nSPS) is 12.4. The summed E-state index contributed by atoms with van der Waals surface area (Å²) in [6, 6.07) is 8.84. The van der Waals surface area contributed by atoms with Gasteiger partial charge in [-0.25, -0.2) is 0 Å². The van der Waals surface area contributed by atoms with E-state index in [9.17, 15) is 0 Å². The van der Waals surface area contributed by atoms with Gasteiger partial charge in [-0.15, -0.1) is 6.58 Å². The van der Waals surface area contributed by atoms with Crippen molar-refractivity contribution >= 4 is 15.9 Å². The molecule has 1 rings (SSSR count). The van der Waals surface area contributed by atoms with E-state index in [0.717, 1.165) is 23.9 Å². The second kappa shape index (κ2) is 6.81. The van der Waals surface area contributed by atoms with Crippen LogP contribution in [-0.2, 0) is 0 Å². The highest BCUT2D eigenvalue weighted by Gasteiger charge is 2.03. The van der Waals surface area contributed by atoms with Gasteiger partial charge in [0.05, 0.1) is 0 Å². The highest BCUT2D eigenvalue weighted by molar-refractivity contribution is 9.10. The molecule has 0 fully saturated rings. The summed E-state index contributed by atoms with van der Waals surface area (Å²) in [6.07, 6.45) is 4.20. The molecule has 15 heavy (non-hydrogen) atoms. The molecule has 0 heterocycles. The van der Waals surface area contributed by atoms with Crippen LogP contribution in [-0.4, -0.2) is 6.54 Å². The van der Waals surface area contributed by atoms with E-state index in [4.69, 9.17) is 0 Å². The molecule has 0 aliphatic rings. The van der Waals surface area contributed by atoms with E-state index >= 15 is 0 Å². The number of unbranched alkanes of at least 4 members (excludes halogenated alkanes) is 1. The van der Waals surface area contributed by atoms with Crippen LogP contribution >= 0.6 is 15.9 Å². The van der Waals surface area contributed by atoms with Crippen molar-refractivity contribution in [2.75, 3.05) is 6.54 Å². The van der Waals surface area contributed by atoms with Crippen molar-refractivity contribution in [3.05, 3.63) is 47.0 Å².